The first kappa shape index (κ1) is 14.1. The highest BCUT2D eigenvalue weighted by molar-refractivity contribution is 5.75. The first-order valence-corrected chi connectivity index (χ1v) is 6.95. The molecule has 1 fully saturated rings. The molecule has 1 N–H and O–H groups in total. The van der Waals surface area contributed by atoms with Crippen LogP contribution < -0.4 is 5.32 Å². The molecule has 1 amide bonds. The van der Waals surface area contributed by atoms with Gasteiger partial charge in [-0.2, -0.15) is 5.10 Å². The first-order valence-electron chi connectivity index (χ1n) is 6.95. The molecule has 1 aromatic heterocycles. The third kappa shape index (κ3) is 3.56. The Kier molecular flexibility index (Phi) is 4.24. The summed E-state index contributed by atoms with van der Waals surface area (Å²) in [6, 6.07) is 0.706. The molecule has 1 heterocycles. The lowest BCUT2D eigenvalue weighted by Crippen LogP contribution is -2.23. The Labute approximate surface area is 115 Å². The molecular formula is C14H24N4O. The fourth-order valence-corrected chi connectivity index (χ4v) is 2.17. The molecule has 2 rings (SSSR count). The van der Waals surface area contributed by atoms with Crippen LogP contribution in [-0.2, 0) is 17.9 Å². The molecular weight excluding hydrogens is 240 g/mol. The number of carbonyl (C=O) groups is 1. The Morgan fingerprint density at radius 3 is 2.68 bits per heavy atom. The van der Waals surface area contributed by atoms with Crippen LogP contribution in [0.1, 0.15) is 36.2 Å². The van der Waals surface area contributed by atoms with Gasteiger partial charge in [0.25, 0.3) is 0 Å². The van der Waals surface area contributed by atoms with Gasteiger partial charge in [-0.05, 0) is 26.7 Å². The maximum atomic E-state index is 11.6. The van der Waals surface area contributed by atoms with Crippen molar-refractivity contribution in [3.63, 3.8) is 0 Å². The van der Waals surface area contributed by atoms with Crippen molar-refractivity contribution in [3.05, 3.63) is 17.0 Å². The van der Waals surface area contributed by atoms with Crippen LogP contribution in [0.5, 0.6) is 0 Å². The van der Waals surface area contributed by atoms with Gasteiger partial charge in [-0.1, -0.05) is 0 Å². The molecule has 5 heteroatoms. The van der Waals surface area contributed by atoms with E-state index in [9.17, 15) is 4.79 Å². The fraction of sp³-hybridized carbons (Fsp3) is 0.714. The van der Waals surface area contributed by atoms with Crippen molar-refractivity contribution >= 4 is 5.91 Å². The fourth-order valence-electron chi connectivity index (χ4n) is 2.17. The van der Waals surface area contributed by atoms with Gasteiger partial charge in [0.1, 0.15) is 0 Å². The summed E-state index contributed by atoms with van der Waals surface area (Å²) in [5, 5.41) is 8.07. The van der Waals surface area contributed by atoms with Crippen molar-refractivity contribution in [1.29, 1.82) is 0 Å². The van der Waals surface area contributed by atoms with E-state index in [-0.39, 0.29) is 5.91 Å². The van der Waals surface area contributed by atoms with E-state index in [1.807, 2.05) is 11.6 Å². The molecule has 1 aliphatic carbocycles. The average molecular weight is 264 g/mol. The largest absolute Gasteiger partial charge is 0.349 e. The molecule has 1 aromatic rings. The Bertz CT molecular complexity index is 460. The monoisotopic (exact) mass is 264 g/mol. The molecule has 19 heavy (non-hydrogen) atoms. The quantitative estimate of drug-likeness (QED) is 0.841. The third-order valence-corrected chi connectivity index (χ3v) is 3.71. The van der Waals surface area contributed by atoms with Crippen LogP contribution in [0, 0.1) is 13.8 Å². The van der Waals surface area contributed by atoms with Gasteiger partial charge in [-0.25, -0.2) is 0 Å². The summed E-state index contributed by atoms with van der Waals surface area (Å²) in [6.45, 7) is 5.68. The Morgan fingerprint density at radius 1 is 1.42 bits per heavy atom. The summed E-state index contributed by atoms with van der Waals surface area (Å²) in [6.07, 6.45) is 3.09. The van der Waals surface area contributed by atoms with Crippen molar-refractivity contribution in [2.24, 2.45) is 0 Å². The van der Waals surface area contributed by atoms with Crippen LogP contribution >= 0.6 is 0 Å². The summed E-state index contributed by atoms with van der Waals surface area (Å²) in [4.78, 5) is 13.2. The van der Waals surface area contributed by atoms with Crippen molar-refractivity contribution in [3.8, 4) is 0 Å². The van der Waals surface area contributed by atoms with Gasteiger partial charge in [0.05, 0.1) is 5.69 Å². The van der Waals surface area contributed by atoms with Crippen molar-refractivity contribution in [2.45, 2.75) is 52.2 Å². The van der Waals surface area contributed by atoms with Crippen LogP contribution in [0.25, 0.3) is 0 Å². The number of aromatic nitrogens is 2. The molecule has 0 unspecified atom stereocenters. The van der Waals surface area contributed by atoms with Gasteiger partial charge < -0.3 is 10.2 Å². The minimum absolute atomic E-state index is 0.144. The first-order chi connectivity index (χ1) is 8.99. The van der Waals surface area contributed by atoms with Gasteiger partial charge in [-0.15, -0.1) is 0 Å². The smallest absolute Gasteiger partial charge is 0.223 e. The second kappa shape index (κ2) is 5.74. The predicted octanol–water partition coefficient (Wildman–Crippen LogP) is 1.23. The van der Waals surface area contributed by atoms with E-state index in [0.717, 1.165) is 12.2 Å². The topological polar surface area (TPSA) is 50.2 Å². The Morgan fingerprint density at radius 2 is 2.11 bits per heavy atom. The summed E-state index contributed by atoms with van der Waals surface area (Å²) in [5.74, 6) is 0.144. The number of aryl methyl sites for hydroxylation is 2. The van der Waals surface area contributed by atoms with E-state index in [4.69, 9.17) is 0 Å². The zero-order valence-corrected chi connectivity index (χ0v) is 12.4. The van der Waals surface area contributed by atoms with E-state index >= 15 is 0 Å². The van der Waals surface area contributed by atoms with Crippen molar-refractivity contribution < 1.29 is 4.79 Å². The number of nitrogens with zero attached hydrogens (tertiary/aromatic N) is 3. The van der Waals surface area contributed by atoms with Crippen LogP contribution in [0.3, 0.4) is 0 Å². The number of hydrogen-bond donors (Lipinski definition) is 1. The highest BCUT2D eigenvalue weighted by atomic mass is 16.2. The van der Waals surface area contributed by atoms with E-state index in [2.05, 4.69) is 17.3 Å². The van der Waals surface area contributed by atoms with E-state index in [0.29, 0.717) is 19.0 Å². The second-order valence-electron chi connectivity index (χ2n) is 5.57. The molecule has 0 spiro atoms. The number of rotatable bonds is 6. The maximum Gasteiger partial charge on any atom is 0.223 e. The molecule has 0 atom stereocenters. The minimum Gasteiger partial charge on any atom is -0.349 e. The van der Waals surface area contributed by atoms with Gasteiger partial charge in [-0.3, -0.25) is 9.48 Å². The highest BCUT2D eigenvalue weighted by Gasteiger charge is 2.21. The zero-order valence-electron chi connectivity index (χ0n) is 12.4. The molecule has 1 saturated carbocycles. The minimum atomic E-state index is 0.144. The summed E-state index contributed by atoms with van der Waals surface area (Å²) in [7, 11) is 3.57. The molecule has 0 aliphatic heterocycles. The van der Waals surface area contributed by atoms with Crippen LogP contribution in [0.15, 0.2) is 0 Å². The normalized spacial score (nSPS) is 14.7. The Hall–Kier alpha value is -1.36. The number of amides is 1. The molecule has 0 saturated heterocycles. The van der Waals surface area contributed by atoms with Crippen LogP contribution in [-0.4, -0.2) is 40.7 Å². The summed E-state index contributed by atoms with van der Waals surface area (Å²) in [5.41, 5.74) is 3.53. The number of nitrogens with one attached hydrogen (secondary N) is 1. The maximum absolute atomic E-state index is 11.6. The summed E-state index contributed by atoms with van der Waals surface area (Å²) < 4.78 is 1.96. The van der Waals surface area contributed by atoms with Crippen molar-refractivity contribution in [2.75, 3.05) is 14.1 Å². The number of hydrogen-bond acceptors (Lipinski definition) is 3. The lowest BCUT2D eigenvalue weighted by molar-refractivity contribution is -0.128. The standard InChI is InChI=1S/C14H24N4O/c1-10-13(9-15-12-5-6-12)11(2)18(16-10)8-7-14(19)17(3)4/h12,15H,5-9H2,1-4H3. The SMILES string of the molecule is Cc1nn(CCC(=O)N(C)C)c(C)c1CNC1CC1. The Balaban J connectivity index is 1.96. The van der Waals surface area contributed by atoms with Gasteiger partial charge in [0.2, 0.25) is 5.91 Å². The van der Waals surface area contributed by atoms with E-state index < -0.39 is 0 Å². The third-order valence-electron chi connectivity index (χ3n) is 3.71. The molecule has 0 bridgehead atoms. The predicted molar refractivity (Wildman–Crippen MR) is 74.9 cm³/mol. The van der Waals surface area contributed by atoms with Gasteiger partial charge >= 0.3 is 0 Å². The highest BCUT2D eigenvalue weighted by Crippen LogP contribution is 2.21. The lowest BCUT2D eigenvalue weighted by atomic mass is 10.2. The molecule has 0 radical (unpaired) electrons. The molecule has 5 nitrogen and oxygen atoms in total. The van der Waals surface area contributed by atoms with Crippen LogP contribution in [0.2, 0.25) is 0 Å². The second-order valence-corrected chi connectivity index (χ2v) is 5.57. The summed E-state index contributed by atoms with van der Waals surface area (Å²) >= 11 is 0. The zero-order chi connectivity index (χ0) is 14.0. The van der Waals surface area contributed by atoms with Crippen molar-refractivity contribution in [1.82, 2.24) is 20.0 Å². The molecule has 106 valence electrons. The van der Waals surface area contributed by atoms with Crippen LogP contribution in [0.4, 0.5) is 0 Å². The molecule has 0 aromatic carbocycles. The van der Waals surface area contributed by atoms with E-state index in [1.165, 1.54) is 24.1 Å². The molecule has 1 aliphatic rings. The van der Waals surface area contributed by atoms with Gasteiger partial charge in [0.15, 0.2) is 0 Å². The average Bonchev–Trinajstić information content (AvgIpc) is 3.13. The number of carbonyl (C=O) groups excluding carboxylic acids is 1. The van der Waals surface area contributed by atoms with Gasteiger partial charge in [0, 0.05) is 50.9 Å². The lowest BCUT2D eigenvalue weighted by Gasteiger charge is -2.11. The van der Waals surface area contributed by atoms with E-state index in [1.54, 1.807) is 19.0 Å².